The molecule has 0 radical (unpaired) electrons. The number of anilines is 1. The zero-order valence-electron chi connectivity index (χ0n) is 28.4. The standard InChI is InChI=1S/C25H26FN3O.C9H22N2.C2H6/c1-5-8-10-15(4)18(6-2)20-19(7-3)24(30)21-22(28-25(27)29-23(20)21)16-11-9-12-17(26)14-13-16;1-6-9(2)11(5)8-7-10(3)4;1-2/h5,7-11,13-14H,6,12H2,1-4H3,(H2,27,28,29);9H,6-8H2,1-5H3;1-2H3/b8-5-,15-10+,19-7+,20-18-;;. The lowest BCUT2D eigenvalue weighted by atomic mass is 9.93. The predicted octanol–water partition coefficient (Wildman–Crippen LogP) is 8.39. The van der Waals surface area contributed by atoms with Crippen LogP contribution in [0.2, 0.25) is 0 Å². The largest absolute Gasteiger partial charge is 0.368 e. The molecular weight excluding hydrogens is 537 g/mol. The molecule has 1 heterocycles. The second-order valence-electron chi connectivity index (χ2n) is 10.7. The number of Topliss-reactive ketones (excluding diaryl/α,β-unsaturated/α-hetero) is 1. The van der Waals surface area contributed by atoms with Gasteiger partial charge >= 0.3 is 0 Å². The van der Waals surface area contributed by atoms with Gasteiger partial charge in [0.25, 0.3) is 0 Å². The van der Waals surface area contributed by atoms with E-state index < -0.39 is 0 Å². The molecule has 0 saturated heterocycles. The van der Waals surface area contributed by atoms with Gasteiger partial charge in [0, 0.05) is 42.3 Å². The molecule has 0 saturated carbocycles. The van der Waals surface area contributed by atoms with E-state index in [1.54, 1.807) is 18.2 Å². The fourth-order valence-corrected chi connectivity index (χ4v) is 4.68. The quantitative estimate of drug-likeness (QED) is 0.230. The lowest BCUT2D eigenvalue weighted by Gasteiger charge is -2.24. The van der Waals surface area contributed by atoms with Crippen LogP contribution >= 0.6 is 0 Å². The zero-order chi connectivity index (χ0) is 32.7. The maximum Gasteiger partial charge on any atom is 0.221 e. The number of ketones is 1. The van der Waals surface area contributed by atoms with Gasteiger partial charge in [0.2, 0.25) is 5.95 Å². The molecule has 1 aromatic rings. The molecule has 0 bridgehead atoms. The minimum Gasteiger partial charge on any atom is -0.368 e. The molecule has 0 aliphatic heterocycles. The molecular formula is C36H54FN5O. The van der Waals surface area contributed by atoms with Crippen molar-refractivity contribution in [1.29, 1.82) is 0 Å². The van der Waals surface area contributed by atoms with Crippen molar-refractivity contribution in [2.45, 2.75) is 80.7 Å². The Bertz CT molecular complexity index is 1310. The van der Waals surface area contributed by atoms with Crippen LogP contribution in [0.25, 0.3) is 11.1 Å². The van der Waals surface area contributed by atoms with Crippen molar-refractivity contribution in [2.24, 2.45) is 0 Å². The second-order valence-corrected chi connectivity index (χ2v) is 10.7. The Morgan fingerprint density at radius 2 is 1.74 bits per heavy atom. The molecule has 6 nitrogen and oxygen atoms in total. The van der Waals surface area contributed by atoms with Crippen molar-refractivity contribution in [1.82, 2.24) is 19.8 Å². The number of halogens is 1. The molecule has 2 aliphatic carbocycles. The number of likely N-dealkylation sites (N-methyl/N-ethyl adjacent to an activating group) is 2. The van der Waals surface area contributed by atoms with Gasteiger partial charge in [0.15, 0.2) is 5.78 Å². The van der Waals surface area contributed by atoms with E-state index in [9.17, 15) is 9.18 Å². The molecule has 0 spiro atoms. The SMILES string of the molecule is CC.CCC(C)N(C)CCN(C)C.C\C=C/C=C(C)/C(CC)=C1/C(=C\C)C(=O)c2c(C3=CC=C(F)CC=C3)nc(N)nc21. The van der Waals surface area contributed by atoms with E-state index >= 15 is 0 Å². The fourth-order valence-electron chi connectivity index (χ4n) is 4.68. The van der Waals surface area contributed by atoms with E-state index in [0.29, 0.717) is 28.1 Å². The summed E-state index contributed by atoms with van der Waals surface area (Å²) < 4.78 is 13.7. The predicted molar refractivity (Wildman–Crippen MR) is 184 cm³/mol. The number of nitrogen functional groups attached to an aromatic ring is 1. The number of carbonyl (C=O) groups excluding carboxylic acids is 1. The van der Waals surface area contributed by atoms with Gasteiger partial charge in [-0.15, -0.1) is 0 Å². The van der Waals surface area contributed by atoms with Crippen LogP contribution in [0.15, 0.2) is 71.2 Å². The summed E-state index contributed by atoms with van der Waals surface area (Å²) in [6, 6.07) is 0.718. The Morgan fingerprint density at radius 1 is 1.09 bits per heavy atom. The molecule has 1 atom stereocenters. The molecule has 7 heteroatoms. The highest BCUT2D eigenvalue weighted by atomic mass is 19.1. The van der Waals surface area contributed by atoms with E-state index in [1.807, 2.05) is 58.9 Å². The van der Waals surface area contributed by atoms with Crippen LogP contribution < -0.4 is 5.73 Å². The third-order valence-corrected chi connectivity index (χ3v) is 7.43. The number of hydrogen-bond donors (Lipinski definition) is 1. The monoisotopic (exact) mass is 591 g/mol. The van der Waals surface area contributed by atoms with Crippen molar-refractivity contribution in [3.63, 3.8) is 0 Å². The van der Waals surface area contributed by atoms with Gasteiger partial charge in [-0.3, -0.25) is 4.79 Å². The van der Waals surface area contributed by atoms with Crippen molar-refractivity contribution in [3.05, 3.63) is 88.1 Å². The normalized spacial score (nSPS) is 17.7. The highest BCUT2D eigenvalue weighted by molar-refractivity contribution is 6.28. The van der Waals surface area contributed by atoms with Gasteiger partial charge in [0.05, 0.1) is 17.0 Å². The van der Waals surface area contributed by atoms with Crippen LogP contribution in [-0.4, -0.2) is 65.8 Å². The highest BCUT2D eigenvalue weighted by Gasteiger charge is 2.36. The van der Waals surface area contributed by atoms with Crippen LogP contribution in [0.3, 0.4) is 0 Å². The van der Waals surface area contributed by atoms with Gasteiger partial charge in [-0.05, 0) is 78.9 Å². The number of allylic oxidation sites excluding steroid dienone is 14. The summed E-state index contributed by atoms with van der Waals surface area (Å²) >= 11 is 0. The summed E-state index contributed by atoms with van der Waals surface area (Å²) in [5, 5.41) is 0. The minimum atomic E-state index is -0.251. The third kappa shape index (κ3) is 10.4. The topological polar surface area (TPSA) is 75.3 Å². The summed E-state index contributed by atoms with van der Waals surface area (Å²) in [5.74, 6) is -0.302. The summed E-state index contributed by atoms with van der Waals surface area (Å²) in [5.41, 5.74) is 11.6. The summed E-state index contributed by atoms with van der Waals surface area (Å²) in [7, 11) is 6.42. The number of nitrogens with zero attached hydrogens (tertiary/aromatic N) is 4. The van der Waals surface area contributed by atoms with Gasteiger partial charge in [-0.2, -0.15) is 0 Å². The van der Waals surface area contributed by atoms with Crippen molar-refractivity contribution in [2.75, 3.05) is 40.0 Å². The number of hydrogen-bond acceptors (Lipinski definition) is 6. The molecule has 0 aromatic carbocycles. The van der Waals surface area contributed by atoms with Crippen LogP contribution in [-0.2, 0) is 0 Å². The first-order valence-electron chi connectivity index (χ1n) is 15.5. The molecule has 1 aromatic heterocycles. The first-order valence-corrected chi connectivity index (χ1v) is 15.5. The number of aromatic nitrogens is 2. The van der Waals surface area contributed by atoms with Crippen molar-refractivity contribution >= 4 is 22.9 Å². The lowest BCUT2D eigenvalue weighted by molar-refractivity contribution is 0.104. The number of rotatable bonds is 9. The Hall–Kier alpha value is -3.42. The van der Waals surface area contributed by atoms with Crippen LogP contribution in [0.5, 0.6) is 0 Å². The Balaban J connectivity index is 0.000000602. The summed E-state index contributed by atoms with van der Waals surface area (Å²) in [6.45, 7) is 18.7. The average molecular weight is 592 g/mol. The van der Waals surface area contributed by atoms with Gasteiger partial charge in [-0.1, -0.05) is 70.2 Å². The number of fused-ring (bicyclic) bond motifs is 1. The molecule has 1 unspecified atom stereocenters. The lowest BCUT2D eigenvalue weighted by Crippen LogP contribution is -2.34. The van der Waals surface area contributed by atoms with E-state index in [-0.39, 0.29) is 24.0 Å². The van der Waals surface area contributed by atoms with Crippen LogP contribution in [0.4, 0.5) is 10.3 Å². The van der Waals surface area contributed by atoms with Crippen molar-refractivity contribution < 1.29 is 9.18 Å². The second kappa shape index (κ2) is 19.0. The van der Waals surface area contributed by atoms with Gasteiger partial charge in [-0.25, -0.2) is 14.4 Å². The number of carbonyl (C=O) groups is 1. The molecule has 0 amide bonds. The maximum absolute atomic E-state index is 13.7. The Morgan fingerprint density at radius 3 is 2.30 bits per heavy atom. The van der Waals surface area contributed by atoms with E-state index in [4.69, 9.17) is 5.73 Å². The molecule has 43 heavy (non-hydrogen) atoms. The van der Waals surface area contributed by atoms with Gasteiger partial charge in [0.1, 0.15) is 5.83 Å². The summed E-state index contributed by atoms with van der Waals surface area (Å²) in [4.78, 5) is 26.9. The van der Waals surface area contributed by atoms with Crippen LogP contribution in [0.1, 0.15) is 96.4 Å². The Kier molecular flexibility index (Phi) is 16.6. The van der Waals surface area contributed by atoms with E-state index in [1.165, 1.54) is 19.0 Å². The van der Waals surface area contributed by atoms with Crippen LogP contribution in [0, 0.1) is 0 Å². The summed E-state index contributed by atoms with van der Waals surface area (Å²) in [6.07, 6.45) is 16.5. The minimum absolute atomic E-state index is 0.0833. The zero-order valence-corrected chi connectivity index (χ0v) is 28.4. The molecule has 3 rings (SSSR count). The number of nitrogens with two attached hydrogens (primary N) is 1. The fraction of sp³-hybridized carbons (Fsp3) is 0.472. The first-order chi connectivity index (χ1) is 20.5. The first kappa shape index (κ1) is 37.6. The Labute approximate surface area is 260 Å². The molecule has 2 N–H and O–H groups in total. The third-order valence-electron chi connectivity index (χ3n) is 7.43. The average Bonchev–Trinajstić information content (AvgIpc) is 3.11. The van der Waals surface area contributed by atoms with E-state index in [2.05, 4.69) is 61.7 Å². The maximum atomic E-state index is 13.7. The van der Waals surface area contributed by atoms with Crippen molar-refractivity contribution in [3.8, 4) is 0 Å². The van der Waals surface area contributed by atoms with Gasteiger partial charge < -0.3 is 15.5 Å². The van der Waals surface area contributed by atoms with E-state index in [0.717, 1.165) is 35.7 Å². The smallest absolute Gasteiger partial charge is 0.221 e. The highest BCUT2D eigenvalue weighted by Crippen LogP contribution is 2.43. The molecule has 2 aliphatic rings. The molecule has 0 fully saturated rings. The molecule has 236 valence electrons.